The molecule has 1 saturated heterocycles. The van der Waals surface area contributed by atoms with Gasteiger partial charge < -0.3 is 19.5 Å². The van der Waals surface area contributed by atoms with E-state index in [0.717, 1.165) is 5.56 Å². The molecule has 0 aliphatic carbocycles. The summed E-state index contributed by atoms with van der Waals surface area (Å²) in [6.45, 7) is 0.673. The van der Waals surface area contributed by atoms with E-state index >= 15 is 0 Å². The Labute approximate surface area is 165 Å². The fraction of sp³-hybridized carbons (Fsp3) is 0.300. The van der Waals surface area contributed by atoms with Gasteiger partial charge in [0.25, 0.3) is 11.6 Å². The van der Waals surface area contributed by atoms with E-state index in [1.807, 2.05) is 30.3 Å². The first-order chi connectivity index (χ1) is 14.0. The Hall–Kier alpha value is -3.62. The van der Waals surface area contributed by atoms with Crippen LogP contribution in [0.3, 0.4) is 0 Å². The molecule has 2 atom stereocenters. The molecule has 2 aromatic carbocycles. The summed E-state index contributed by atoms with van der Waals surface area (Å²) in [4.78, 5) is 37.1. The van der Waals surface area contributed by atoms with Gasteiger partial charge in [0, 0.05) is 25.1 Å². The summed E-state index contributed by atoms with van der Waals surface area (Å²) >= 11 is 0. The summed E-state index contributed by atoms with van der Waals surface area (Å²) in [7, 11) is 0. The molecule has 0 radical (unpaired) electrons. The topological polar surface area (TPSA) is 119 Å². The molecule has 2 aliphatic heterocycles. The summed E-state index contributed by atoms with van der Waals surface area (Å²) in [6, 6.07) is 11.6. The smallest absolute Gasteiger partial charge is 0.308 e. The lowest BCUT2D eigenvalue weighted by Gasteiger charge is -2.21. The van der Waals surface area contributed by atoms with Gasteiger partial charge in [0.1, 0.15) is 18.8 Å². The number of hydrogen-bond acceptors (Lipinski definition) is 6. The highest BCUT2D eigenvalue weighted by Crippen LogP contribution is 2.39. The Morgan fingerprint density at radius 1 is 1.07 bits per heavy atom. The zero-order valence-corrected chi connectivity index (χ0v) is 15.3. The first-order valence-corrected chi connectivity index (χ1v) is 9.10. The number of amides is 1. The Morgan fingerprint density at radius 3 is 2.34 bits per heavy atom. The van der Waals surface area contributed by atoms with E-state index in [-0.39, 0.29) is 43.4 Å². The van der Waals surface area contributed by atoms with Crippen molar-refractivity contribution in [1.29, 1.82) is 0 Å². The molecular formula is C20H18N2O7. The summed E-state index contributed by atoms with van der Waals surface area (Å²) < 4.78 is 10.8. The van der Waals surface area contributed by atoms with Gasteiger partial charge in [-0.05, 0) is 5.56 Å². The van der Waals surface area contributed by atoms with Crippen LogP contribution < -0.4 is 9.47 Å². The number of ether oxygens (including phenoxy) is 2. The minimum absolute atomic E-state index is 0.0284. The average Bonchev–Trinajstić information content (AvgIpc) is 3.18. The van der Waals surface area contributed by atoms with Crippen molar-refractivity contribution in [3.05, 3.63) is 63.7 Å². The maximum atomic E-state index is 13.1. The van der Waals surface area contributed by atoms with Crippen LogP contribution in [0.15, 0.2) is 42.5 Å². The molecule has 29 heavy (non-hydrogen) atoms. The molecule has 0 unspecified atom stereocenters. The van der Waals surface area contributed by atoms with Crippen molar-refractivity contribution in [2.45, 2.75) is 5.92 Å². The third kappa shape index (κ3) is 3.46. The summed E-state index contributed by atoms with van der Waals surface area (Å²) in [5.74, 6) is -2.32. The van der Waals surface area contributed by atoms with Gasteiger partial charge in [0.15, 0.2) is 11.5 Å². The normalized spacial score (nSPS) is 20.3. The summed E-state index contributed by atoms with van der Waals surface area (Å²) in [6.07, 6.45) is 0. The first kappa shape index (κ1) is 18.7. The molecule has 2 aliphatic rings. The maximum absolute atomic E-state index is 13.1. The number of nitrogens with zero attached hydrogens (tertiary/aromatic N) is 2. The molecule has 1 amide bonds. The molecule has 1 fully saturated rings. The lowest BCUT2D eigenvalue weighted by atomic mass is 9.89. The number of rotatable bonds is 4. The minimum Gasteiger partial charge on any atom is -0.486 e. The van der Waals surface area contributed by atoms with Crippen molar-refractivity contribution in [2.24, 2.45) is 5.92 Å². The van der Waals surface area contributed by atoms with Crippen LogP contribution in [0, 0.1) is 16.0 Å². The number of carboxylic acid groups (broad SMARTS) is 1. The van der Waals surface area contributed by atoms with Gasteiger partial charge in [-0.25, -0.2) is 0 Å². The molecular weight excluding hydrogens is 380 g/mol. The van der Waals surface area contributed by atoms with Crippen LogP contribution in [0.1, 0.15) is 21.8 Å². The SMILES string of the molecule is O=C(O)[C@@H]1CN(C(=O)c2cc3c(cc2[N+](=O)[O-])OCCO3)C[C@@H]1c1ccccc1. The maximum Gasteiger partial charge on any atom is 0.308 e. The predicted molar refractivity (Wildman–Crippen MR) is 100 cm³/mol. The zero-order valence-electron chi connectivity index (χ0n) is 15.3. The first-order valence-electron chi connectivity index (χ1n) is 9.10. The van der Waals surface area contributed by atoms with Crippen LogP contribution in [-0.2, 0) is 4.79 Å². The molecule has 150 valence electrons. The van der Waals surface area contributed by atoms with Gasteiger partial charge >= 0.3 is 5.97 Å². The zero-order chi connectivity index (χ0) is 20.5. The third-order valence-corrected chi connectivity index (χ3v) is 5.24. The molecule has 4 rings (SSSR count). The quantitative estimate of drug-likeness (QED) is 0.620. The lowest BCUT2D eigenvalue weighted by molar-refractivity contribution is -0.385. The number of hydrogen-bond donors (Lipinski definition) is 1. The Balaban J connectivity index is 1.68. The highest BCUT2D eigenvalue weighted by molar-refractivity contribution is 5.99. The van der Waals surface area contributed by atoms with Crippen molar-refractivity contribution in [2.75, 3.05) is 26.3 Å². The van der Waals surface area contributed by atoms with E-state index in [9.17, 15) is 24.8 Å². The summed E-state index contributed by atoms with van der Waals surface area (Å²) in [5, 5.41) is 21.2. The number of carboxylic acids is 1. The standard InChI is InChI=1S/C20H18N2O7/c23-19(13-8-17-18(29-7-6-28-17)9-16(13)22(26)27)21-10-14(15(11-21)20(24)25)12-4-2-1-3-5-12/h1-5,8-9,14-15H,6-7,10-11H2,(H,24,25)/t14-,15-/m1/s1. The van der Waals surface area contributed by atoms with Crippen LogP contribution in [0.5, 0.6) is 11.5 Å². The number of benzene rings is 2. The lowest BCUT2D eigenvalue weighted by Crippen LogP contribution is -2.30. The Bertz CT molecular complexity index is 976. The van der Waals surface area contributed by atoms with Crippen molar-refractivity contribution < 1.29 is 29.1 Å². The van der Waals surface area contributed by atoms with E-state index in [4.69, 9.17) is 9.47 Å². The number of carbonyl (C=O) groups excluding carboxylic acids is 1. The molecule has 0 spiro atoms. The summed E-state index contributed by atoms with van der Waals surface area (Å²) in [5.41, 5.74) is 0.276. The molecule has 9 nitrogen and oxygen atoms in total. The van der Waals surface area contributed by atoms with E-state index < -0.39 is 34.3 Å². The second kappa shape index (κ2) is 7.42. The van der Waals surface area contributed by atoms with Crippen molar-refractivity contribution in [3.63, 3.8) is 0 Å². The molecule has 2 aromatic rings. The highest BCUT2D eigenvalue weighted by atomic mass is 16.6. The minimum atomic E-state index is -1.01. The highest BCUT2D eigenvalue weighted by Gasteiger charge is 2.42. The van der Waals surface area contributed by atoms with Crippen molar-refractivity contribution in [3.8, 4) is 11.5 Å². The molecule has 0 bridgehead atoms. The molecule has 2 heterocycles. The van der Waals surface area contributed by atoms with Gasteiger partial charge in [0.2, 0.25) is 0 Å². The van der Waals surface area contributed by atoms with E-state index in [1.54, 1.807) is 0 Å². The van der Waals surface area contributed by atoms with E-state index in [0.29, 0.717) is 0 Å². The van der Waals surface area contributed by atoms with Crippen molar-refractivity contribution >= 4 is 17.6 Å². The van der Waals surface area contributed by atoms with E-state index in [1.165, 1.54) is 17.0 Å². The number of aliphatic carboxylic acids is 1. The second-order valence-electron chi connectivity index (χ2n) is 6.94. The van der Waals surface area contributed by atoms with Gasteiger partial charge in [-0.3, -0.25) is 19.7 Å². The fourth-order valence-corrected chi connectivity index (χ4v) is 3.83. The molecule has 1 N–H and O–H groups in total. The van der Waals surface area contributed by atoms with Crippen LogP contribution in [-0.4, -0.2) is 53.1 Å². The number of nitro groups is 1. The fourth-order valence-electron chi connectivity index (χ4n) is 3.83. The molecule has 0 saturated carbocycles. The Kier molecular flexibility index (Phi) is 4.79. The van der Waals surface area contributed by atoms with Crippen LogP contribution in [0.2, 0.25) is 0 Å². The largest absolute Gasteiger partial charge is 0.486 e. The number of likely N-dealkylation sites (tertiary alicyclic amines) is 1. The van der Waals surface area contributed by atoms with Gasteiger partial charge in [-0.2, -0.15) is 0 Å². The van der Waals surface area contributed by atoms with Crippen LogP contribution in [0.4, 0.5) is 5.69 Å². The van der Waals surface area contributed by atoms with Gasteiger partial charge in [-0.15, -0.1) is 0 Å². The number of carbonyl (C=O) groups is 2. The van der Waals surface area contributed by atoms with Gasteiger partial charge in [-0.1, -0.05) is 30.3 Å². The number of fused-ring (bicyclic) bond motifs is 1. The third-order valence-electron chi connectivity index (χ3n) is 5.24. The van der Waals surface area contributed by atoms with Crippen LogP contribution in [0.25, 0.3) is 0 Å². The van der Waals surface area contributed by atoms with Crippen LogP contribution >= 0.6 is 0 Å². The second-order valence-corrected chi connectivity index (χ2v) is 6.94. The molecule has 9 heteroatoms. The van der Waals surface area contributed by atoms with Gasteiger partial charge in [0.05, 0.1) is 16.9 Å². The number of nitro benzene ring substituents is 1. The molecule has 0 aromatic heterocycles. The predicted octanol–water partition coefficient (Wildman–Crippen LogP) is 2.31. The average molecular weight is 398 g/mol. The monoisotopic (exact) mass is 398 g/mol. The van der Waals surface area contributed by atoms with Crippen molar-refractivity contribution in [1.82, 2.24) is 4.90 Å². The van der Waals surface area contributed by atoms with E-state index in [2.05, 4.69) is 0 Å². The Morgan fingerprint density at radius 2 is 1.72 bits per heavy atom.